The van der Waals surface area contributed by atoms with Crippen LogP contribution in [0.4, 0.5) is 0 Å². The second-order valence-electron chi connectivity index (χ2n) is 11.3. The molecule has 198 valence electrons. The molecule has 2 nitrogen and oxygen atoms in total. The number of fused-ring (bicyclic) bond motifs is 10. The van der Waals surface area contributed by atoms with Crippen molar-refractivity contribution in [2.45, 2.75) is 21.1 Å². The third-order valence-corrected chi connectivity index (χ3v) is 15.7. The summed E-state index contributed by atoms with van der Waals surface area (Å²) >= 11 is -2.52. The fraction of sp³-hybridized carbons (Fsp3) is 0.171. The van der Waals surface area contributed by atoms with Crippen molar-refractivity contribution in [2.75, 3.05) is 0 Å². The summed E-state index contributed by atoms with van der Waals surface area (Å²) in [6.45, 7) is 4.41. The van der Waals surface area contributed by atoms with Gasteiger partial charge in [-0.05, 0) is 0 Å². The van der Waals surface area contributed by atoms with Crippen LogP contribution in [0.15, 0.2) is 84.9 Å². The van der Waals surface area contributed by atoms with E-state index in [9.17, 15) is 0 Å². The molecule has 2 unspecified atom stereocenters. The zero-order valence-corrected chi connectivity index (χ0v) is 27.1. The molecule has 2 heterocycles. The Morgan fingerprint density at radius 2 is 1.00 bits per heavy atom. The SMILES string of the molecule is [CH2]=[Zr+2]([CH]1c2ccccc2-c2c1n(C)c1ccc(C)cc21)[CH]1c2ccccc2-c2c1n(C)c1ccc(C)cc21.[Cl-].[Cl-]. The van der Waals surface area contributed by atoms with Gasteiger partial charge in [-0.1, -0.05) is 0 Å². The molecule has 0 amide bonds. The summed E-state index contributed by atoms with van der Waals surface area (Å²) in [4.78, 5) is 0. The van der Waals surface area contributed by atoms with Crippen LogP contribution in [0.3, 0.4) is 0 Å². The summed E-state index contributed by atoms with van der Waals surface area (Å²) in [5, 5.41) is 2.78. The molecule has 8 rings (SSSR count). The Morgan fingerprint density at radius 3 is 1.43 bits per heavy atom. The first-order chi connectivity index (χ1) is 18.5. The van der Waals surface area contributed by atoms with Crippen molar-refractivity contribution in [1.29, 1.82) is 0 Å². The molecule has 0 aliphatic heterocycles. The number of aryl methyl sites for hydroxylation is 4. The molecule has 5 heteroatoms. The van der Waals surface area contributed by atoms with Crippen molar-refractivity contribution in [3.8, 4) is 22.3 Å². The number of benzene rings is 4. The van der Waals surface area contributed by atoms with E-state index in [1.807, 2.05) is 0 Å². The van der Waals surface area contributed by atoms with Crippen LogP contribution >= 0.6 is 0 Å². The van der Waals surface area contributed by atoms with Crippen LogP contribution in [0, 0.1) is 13.8 Å². The van der Waals surface area contributed by atoms with Gasteiger partial charge in [0, 0.05) is 0 Å². The Morgan fingerprint density at radius 1 is 0.600 bits per heavy atom. The van der Waals surface area contributed by atoms with Crippen molar-refractivity contribution in [3.05, 3.63) is 119 Å². The van der Waals surface area contributed by atoms with Gasteiger partial charge in [0.05, 0.1) is 0 Å². The number of nitrogens with zero attached hydrogens (tertiary/aromatic N) is 2. The first kappa shape index (κ1) is 27.5. The summed E-state index contributed by atoms with van der Waals surface area (Å²) in [5.74, 6) is 0. The molecule has 2 atom stereocenters. The zero-order chi connectivity index (χ0) is 25.9. The van der Waals surface area contributed by atoms with Gasteiger partial charge in [0.2, 0.25) is 0 Å². The van der Waals surface area contributed by atoms with Crippen LogP contribution in [0.5, 0.6) is 0 Å². The van der Waals surface area contributed by atoms with E-state index in [2.05, 4.69) is 122 Å². The molecule has 4 aromatic carbocycles. The van der Waals surface area contributed by atoms with E-state index in [0.29, 0.717) is 7.25 Å². The molecule has 0 fully saturated rings. The first-order valence-corrected chi connectivity index (χ1v) is 18.1. The Kier molecular flexibility index (Phi) is 6.65. The van der Waals surface area contributed by atoms with E-state index in [4.69, 9.17) is 4.21 Å². The van der Waals surface area contributed by atoms with Gasteiger partial charge in [0.25, 0.3) is 0 Å². The van der Waals surface area contributed by atoms with Crippen molar-refractivity contribution in [1.82, 2.24) is 9.13 Å². The van der Waals surface area contributed by atoms with Crippen molar-refractivity contribution in [3.63, 3.8) is 0 Å². The van der Waals surface area contributed by atoms with Crippen molar-refractivity contribution < 1.29 is 46.1 Å². The normalized spacial score (nSPS) is 16.0. The summed E-state index contributed by atoms with van der Waals surface area (Å²) in [6, 6.07) is 32.2. The van der Waals surface area contributed by atoms with E-state index in [1.165, 1.54) is 77.7 Å². The Labute approximate surface area is 255 Å². The summed E-state index contributed by atoms with van der Waals surface area (Å²) < 4.78 is 11.0. The maximum atomic E-state index is 5.23. The minimum Gasteiger partial charge on any atom is -1.00 e. The molecule has 2 aromatic heterocycles. The minimum absolute atomic E-state index is 0. The van der Waals surface area contributed by atoms with Crippen molar-refractivity contribution in [2.24, 2.45) is 14.1 Å². The molecule has 0 N–H and O–H groups in total. The molecule has 40 heavy (non-hydrogen) atoms. The average molecular weight is 641 g/mol. The average Bonchev–Trinajstić information content (AvgIpc) is 3.61. The number of hydrogen-bond acceptors (Lipinski definition) is 0. The topological polar surface area (TPSA) is 9.86 Å². The zero-order valence-electron chi connectivity index (χ0n) is 23.1. The second-order valence-corrected chi connectivity index (χ2v) is 17.0. The van der Waals surface area contributed by atoms with Gasteiger partial charge >= 0.3 is 232 Å². The van der Waals surface area contributed by atoms with Gasteiger partial charge in [-0.3, -0.25) is 0 Å². The fourth-order valence-electron chi connectivity index (χ4n) is 7.56. The third kappa shape index (κ3) is 3.47. The van der Waals surface area contributed by atoms with Gasteiger partial charge in [-0.15, -0.1) is 0 Å². The number of hydrogen-bond donors (Lipinski definition) is 0. The predicted molar refractivity (Wildman–Crippen MR) is 157 cm³/mol. The molecular weight excluding hydrogens is 611 g/mol. The molecule has 0 radical (unpaired) electrons. The van der Waals surface area contributed by atoms with E-state index >= 15 is 0 Å². The van der Waals surface area contributed by atoms with Crippen LogP contribution in [0.2, 0.25) is 0 Å². The summed E-state index contributed by atoms with van der Waals surface area (Å²) in [6.07, 6.45) is 0. The van der Waals surface area contributed by atoms with E-state index in [1.54, 1.807) is 0 Å². The van der Waals surface area contributed by atoms with Crippen LogP contribution in [-0.4, -0.2) is 13.3 Å². The maximum Gasteiger partial charge on any atom is -1.00 e. The van der Waals surface area contributed by atoms with E-state index in [0.717, 1.165) is 0 Å². The van der Waals surface area contributed by atoms with Crippen LogP contribution in [0.25, 0.3) is 44.1 Å². The van der Waals surface area contributed by atoms with E-state index in [-0.39, 0.29) is 24.8 Å². The van der Waals surface area contributed by atoms with Crippen molar-refractivity contribution >= 4 is 26.0 Å². The Hall–Kier alpha value is -2.71. The molecular formula is C35H30Cl2N2Zr. The minimum atomic E-state index is -2.52. The maximum absolute atomic E-state index is 5.23. The van der Waals surface area contributed by atoms with E-state index < -0.39 is 21.3 Å². The molecule has 0 bridgehead atoms. The molecule has 2 aliphatic rings. The molecule has 0 saturated carbocycles. The largest absolute Gasteiger partial charge is 1.00 e. The third-order valence-electron chi connectivity index (χ3n) is 9.17. The molecule has 6 aromatic rings. The Bertz CT molecular complexity index is 1870. The second kappa shape index (κ2) is 9.69. The molecule has 0 saturated heterocycles. The number of aromatic nitrogens is 2. The van der Waals surface area contributed by atoms with Crippen LogP contribution < -0.4 is 24.8 Å². The van der Waals surface area contributed by atoms with Gasteiger partial charge in [-0.2, -0.15) is 0 Å². The quantitative estimate of drug-likeness (QED) is 0.275. The predicted octanol–water partition coefficient (Wildman–Crippen LogP) is 2.18. The monoisotopic (exact) mass is 638 g/mol. The fourth-order valence-corrected chi connectivity index (χ4v) is 15.0. The number of rotatable bonds is 2. The van der Waals surface area contributed by atoms with Gasteiger partial charge in [0.15, 0.2) is 0 Å². The standard InChI is InChI=1S/2C17H14N.CH2.2ClH.Zr/c2*1-11-7-8-15-14(9-11)17-13-6-4-3-5-12(13)10-16(17)18(15)2;;;;/h2*3-10H,1-2H3;1H2;2*1H;/q;;;;;+2/p-2. The van der Waals surface area contributed by atoms with Crippen LogP contribution in [-0.2, 0) is 35.4 Å². The smallest absolute Gasteiger partial charge is 1.00 e. The van der Waals surface area contributed by atoms with Gasteiger partial charge in [-0.25, -0.2) is 0 Å². The summed E-state index contributed by atoms with van der Waals surface area (Å²) in [7, 11) is 4.55. The van der Waals surface area contributed by atoms with Crippen LogP contribution in [0.1, 0.15) is 40.9 Å². The van der Waals surface area contributed by atoms with Gasteiger partial charge in [0.1, 0.15) is 0 Å². The Balaban J connectivity index is 0.00000145. The molecule has 2 aliphatic carbocycles. The summed E-state index contributed by atoms with van der Waals surface area (Å²) in [5.41, 5.74) is 17.1. The number of halogens is 2. The first-order valence-electron chi connectivity index (χ1n) is 13.5. The van der Waals surface area contributed by atoms with Gasteiger partial charge < -0.3 is 24.8 Å². The molecule has 0 spiro atoms.